The highest BCUT2D eigenvalue weighted by Crippen LogP contribution is 2.23. The molecular weight excluding hydrogens is 240 g/mol. The van der Waals surface area contributed by atoms with E-state index in [0.717, 1.165) is 10.8 Å². The standard InChI is InChI=1S/C12H10O4S/c1-8(13)16-11-4-2-10-7-12(17(14)15)5-3-9(10)6-11/h2-7H,1H3,(H,14,15). The Bertz CT molecular complexity index is 606. The number of hydrogen-bond acceptors (Lipinski definition) is 3. The Hall–Kier alpha value is -1.72. The van der Waals surface area contributed by atoms with E-state index < -0.39 is 11.1 Å². The summed E-state index contributed by atoms with van der Waals surface area (Å²) in [6.07, 6.45) is 0. The fourth-order valence-electron chi connectivity index (χ4n) is 1.54. The van der Waals surface area contributed by atoms with Gasteiger partial charge in [0.05, 0.1) is 4.90 Å². The van der Waals surface area contributed by atoms with Crippen molar-refractivity contribution in [1.29, 1.82) is 0 Å². The zero-order valence-corrected chi connectivity index (χ0v) is 9.86. The maximum absolute atomic E-state index is 10.9. The molecular formula is C12H10O4S. The minimum atomic E-state index is -1.98. The predicted octanol–water partition coefficient (Wildman–Crippen LogP) is 2.35. The molecule has 0 spiro atoms. The normalized spacial score (nSPS) is 12.4. The van der Waals surface area contributed by atoms with E-state index in [0.29, 0.717) is 10.6 Å². The molecule has 5 heteroatoms. The predicted molar refractivity (Wildman–Crippen MR) is 64.3 cm³/mol. The first-order chi connectivity index (χ1) is 8.06. The van der Waals surface area contributed by atoms with Crippen molar-refractivity contribution < 1.29 is 18.3 Å². The Morgan fingerprint density at radius 3 is 2.47 bits per heavy atom. The van der Waals surface area contributed by atoms with E-state index in [2.05, 4.69) is 0 Å². The van der Waals surface area contributed by atoms with E-state index >= 15 is 0 Å². The number of carbonyl (C=O) groups excluding carboxylic acids is 1. The van der Waals surface area contributed by atoms with Gasteiger partial charge in [0.2, 0.25) is 0 Å². The monoisotopic (exact) mass is 250 g/mol. The summed E-state index contributed by atoms with van der Waals surface area (Å²) in [6, 6.07) is 10.0. The molecule has 1 atom stereocenters. The molecule has 1 N–H and O–H groups in total. The summed E-state index contributed by atoms with van der Waals surface area (Å²) in [5.74, 6) is 0.0836. The van der Waals surface area contributed by atoms with Crippen LogP contribution < -0.4 is 4.74 Å². The molecule has 2 rings (SSSR count). The molecule has 0 aliphatic heterocycles. The summed E-state index contributed by atoms with van der Waals surface area (Å²) in [6.45, 7) is 1.34. The molecule has 2 aromatic rings. The van der Waals surface area contributed by atoms with E-state index in [-0.39, 0.29) is 5.97 Å². The highest BCUT2D eigenvalue weighted by Gasteiger charge is 2.03. The summed E-state index contributed by atoms with van der Waals surface area (Å²) in [7, 11) is 0. The van der Waals surface area contributed by atoms with Gasteiger partial charge in [0, 0.05) is 6.92 Å². The summed E-state index contributed by atoms with van der Waals surface area (Å²) >= 11 is -1.98. The maximum atomic E-state index is 10.9. The molecule has 2 aromatic carbocycles. The van der Waals surface area contributed by atoms with Crippen molar-refractivity contribution in [2.45, 2.75) is 11.8 Å². The van der Waals surface area contributed by atoms with Crippen molar-refractivity contribution in [3.8, 4) is 5.75 Å². The SMILES string of the molecule is CC(=O)Oc1ccc2cc(S(=O)O)ccc2c1. The molecule has 0 bridgehead atoms. The molecule has 1 unspecified atom stereocenters. The lowest BCUT2D eigenvalue weighted by atomic mass is 10.1. The number of carbonyl (C=O) groups is 1. The molecule has 0 aliphatic carbocycles. The molecule has 0 saturated carbocycles. The first kappa shape index (κ1) is 11.8. The third-order valence-corrected chi connectivity index (χ3v) is 2.90. The topological polar surface area (TPSA) is 63.6 Å². The average molecular weight is 250 g/mol. The summed E-state index contributed by atoms with van der Waals surface area (Å²) in [5, 5.41) is 1.67. The van der Waals surface area contributed by atoms with E-state index in [9.17, 15) is 9.00 Å². The number of ether oxygens (including phenoxy) is 1. The van der Waals surface area contributed by atoms with Crippen LogP contribution in [0.2, 0.25) is 0 Å². The highest BCUT2D eigenvalue weighted by molar-refractivity contribution is 7.79. The van der Waals surface area contributed by atoms with Crippen molar-refractivity contribution in [1.82, 2.24) is 0 Å². The fraction of sp³-hybridized carbons (Fsp3) is 0.0833. The smallest absolute Gasteiger partial charge is 0.308 e. The second-order valence-electron chi connectivity index (χ2n) is 3.51. The maximum Gasteiger partial charge on any atom is 0.308 e. The van der Waals surface area contributed by atoms with Crippen molar-refractivity contribution >= 4 is 27.8 Å². The molecule has 0 fully saturated rings. The van der Waals surface area contributed by atoms with Gasteiger partial charge in [-0.15, -0.1) is 0 Å². The van der Waals surface area contributed by atoms with Crippen LogP contribution in [0, 0.1) is 0 Å². The number of benzene rings is 2. The Labute approximate surface area is 100 Å². The highest BCUT2D eigenvalue weighted by atomic mass is 32.2. The van der Waals surface area contributed by atoms with Crippen LogP contribution in [0.3, 0.4) is 0 Å². The van der Waals surface area contributed by atoms with Crippen LogP contribution in [0.15, 0.2) is 41.3 Å². The average Bonchev–Trinajstić information content (AvgIpc) is 2.27. The molecule has 4 nitrogen and oxygen atoms in total. The summed E-state index contributed by atoms with van der Waals surface area (Å²) in [5.41, 5.74) is 0. The van der Waals surface area contributed by atoms with Gasteiger partial charge < -0.3 is 9.29 Å². The third-order valence-electron chi connectivity index (χ3n) is 2.25. The lowest BCUT2D eigenvalue weighted by Crippen LogP contribution is -2.00. The Morgan fingerprint density at radius 2 is 1.82 bits per heavy atom. The third kappa shape index (κ3) is 2.69. The number of rotatable bonds is 2. The van der Waals surface area contributed by atoms with E-state index in [4.69, 9.17) is 9.29 Å². The molecule has 88 valence electrons. The molecule has 17 heavy (non-hydrogen) atoms. The van der Waals surface area contributed by atoms with Gasteiger partial charge in [0.15, 0.2) is 11.1 Å². The van der Waals surface area contributed by atoms with Gasteiger partial charge in [-0.25, -0.2) is 4.21 Å². The van der Waals surface area contributed by atoms with Crippen LogP contribution in [-0.2, 0) is 15.9 Å². The van der Waals surface area contributed by atoms with Gasteiger partial charge in [-0.2, -0.15) is 0 Å². The fourth-order valence-corrected chi connectivity index (χ4v) is 1.95. The Kier molecular flexibility index (Phi) is 3.21. The zero-order chi connectivity index (χ0) is 12.4. The number of esters is 1. The summed E-state index contributed by atoms with van der Waals surface area (Å²) < 4.78 is 24.8. The quantitative estimate of drug-likeness (QED) is 0.505. The molecule has 0 radical (unpaired) electrons. The molecule has 0 saturated heterocycles. The van der Waals surface area contributed by atoms with Gasteiger partial charge >= 0.3 is 5.97 Å². The van der Waals surface area contributed by atoms with Gasteiger partial charge in [0.25, 0.3) is 0 Å². The van der Waals surface area contributed by atoms with Crippen LogP contribution in [0.5, 0.6) is 5.75 Å². The van der Waals surface area contributed by atoms with E-state index in [1.807, 2.05) is 0 Å². The van der Waals surface area contributed by atoms with Gasteiger partial charge in [-0.3, -0.25) is 4.79 Å². The van der Waals surface area contributed by atoms with Gasteiger partial charge in [-0.05, 0) is 35.0 Å². The van der Waals surface area contributed by atoms with Gasteiger partial charge in [-0.1, -0.05) is 12.1 Å². The zero-order valence-electron chi connectivity index (χ0n) is 9.04. The molecule has 0 aliphatic rings. The Balaban J connectivity index is 2.46. The van der Waals surface area contributed by atoms with Crippen LogP contribution in [0.4, 0.5) is 0 Å². The largest absolute Gasteiger partial charge is 0.427 e. The number of hydrogen-bond donors (Lipinski definition) is 1. The second kappa shape index (κ2) is 4.65. The van der Waals surface area contributed by atoms with Crippen LogP contribution in [-0.4, -0.2) is 14.7 Å². The minimum Gasteiger partial charge on any atom is -0.427 e. The first-order valence-electron chi connectivity index (χ1n) is 4.89. The first-order valence-corrected chi connectivity index (χ1v) is 6.00. The van der Waals surface area contributed by atoms with Crippen LogP contribution in [0.1, 0.15) is 6.92 Å². The number of fused-ring (bicyclic) bond motifs is 1. The van der Waals surface area contributed by atoms with Crippen molar-refractivity contribution in [3.05, 3.63) is 36.4 Å². The minimum absolute atomic E-state index is 0.345. The Morgan fingerprint density at radius 1 is 1.18 bits per heavy atom. The van der Waals surface area contributed by atoms with Crippen LogP contribution >= 0.6 is 0 Å². The van der Waals surface area contributed by atoms with Crippen molar-refractivity contribution in [3.63, 3.8) is 0 Å². The van der Waals surface area contributed by atoms with Gasteiger partial charge in [0.1, 0.15) is 5.75 Å². The second-order valence-corrected chi connectivity index (χ2v) is 4.48. The van der Waals surface area contributed by atoms with Crippen molar-refractivity contribution in [2.75, 3.05) is 0 Å². The van der Waals surface area contributed by atoms with Crippen molar-refractivity contribution in [2.24, 2.45) is 0 Å². The summed E-state index contributed by atoms with van der Waals surface area (Å²) in [4.78, 5) is 11.1. The van der Waals surface area contributed by atoms with E-state index in [1.165, 1.54) is 6.92 Å². The molecule has 0 aromatic heterocycles. The lowest BCUT2D eigenvalue weighted by Gasteiger charge is -2.04. The lowest BCUT2D eigenvalue weighted by molar-refractivity contribution is -0.131. The van der Waals surface area contributed by atoms with Crippen LogP contribution in [0.25, 0.3) is 10.8 Å². The van der Waals surface area contributed by atoms with E-state index in [1.54, 1.807) is 36.4 Å². The molecule has 0 amide bonds. The molecule has 0 heterocycles.